The molecule has 8 heteroatoms. The second kappa shape index (κ2) is 5.51. The summed E-state index contributed by atoms with van der Waals surface area (Å²) in [6.45, 7) is 2.70. The first-order valence-corrected chi connectivity index (χ1v) is 5.95. The summed E-state index contributed by atoms with van der Waals surface area (Å²) in [7, 11) is 0. The summed E-state index contributed by atoms with van der Waals surface area (Å²) in [6, 6.07) is 0. The minimum absolute atomic E-state index is 0.117. The normalized spacial score (nSPS) is 10.8. The number of carbonyl (C=O) groups excluding carboxylic acids is 1. The second-order valence-electron chi connectivity index (χ2n) is 3.96. The number of fused-ring (bicyclic) bond motifs is 1. The molecule has 0 amide bonds. The third-order valence-corrected chi connectivity index (χ3v) is 2.64. The van der Waals surface area contributed by atoms with Crippen molar-refractivity contribution in [3.63, 3.8) is 0 Å². The van der Waals surface area contributed by atoms with Gasteiger partial charge in [0.2, 0.25) is 0 Å². The number of ether oxygens (including phenoxy) is 1. The van der Waals surface area contributed by atoms with E-state index in [1.165, 1.54) is 0 Å². The number of esters is 1. The molecule has 0 spiro atoms. The Kier molecular flexibility index (Phi) is 3.79. The molecule has 19 heavy (non-hydrogen) atoms. The number of aryl methyl sites for hydroxylation is 1. The van der Waals surface area contributed by atoms with Gasteiger partial charge in [0.1, 0.15) is 6.33 Å². The van der Waals surface area contributed by atoms with Crippen LogP contribution in [0, 0.1) is 5.41 Å². The third kappa shape index (κ3) is 2.72. The molecule has 0 aliphatic rings. The third-order valence-electron chi connectivity index (χ3n) is 2.64. The number of hydrogen-bond donors (Lipinski definition) is 2. The van der Waals surface area contributed by atoms with Crippen molar-refractivity contribution in [3.05, 3.63) is 18.1 Å². The first-order chi connectivity index (χ1) is 9.13. The highest BCUT2D eigenvalue weighted by Gasteiger charge is 2.08. The summed E-state index contributed by atoms with van der Waals surface area (Å²) in [5.41, 5.74) is 0.717. The minimum Gasteiger partial charge on any atom is -0.466 e. The molecule has 0 saturated heterocycles. The average molecular weight is 265 g/mol. The van der Waals surface area contributed by atoms with E-state index in [1.807, 2.05) is 0 Å². The van der Waals surface area contributed by atoms with Crippen molar-refractivity contribution in [2.24, 2.45) is 0 Å². The largest absolute Gasteiger partial charge is 0.466 e. The van der Waals surface area contributed by atoms with Crippen molar-refractivity contribution in [3.8, 4) is 0 Å². The lowest BCUT2D eigenvalue weighted by Crippen LogP contribution is -2.18. The molecule has 2 rings (SSSR count). The van der Waals surface area contributed by atoms with Crippen LogP contribution >= 0.6 is 0 Å². The van der Waals surface area contributed by atoms with E-state index < -0.39 is 0 Å². The van der Waals surface area contributed by atoms with Crippen molar-refractivity contribution in [2.75, 3.05) is 6.61 Å². The fourth-order valence-electron chi connectivity index (χ4n) is 1.74. The number of hydrogen-bond acceptors (Lipinski definition) is 6. The maximum atomic E-state index is 11.2. The molecule has 0 radical (unpaired) electrons. The summed E-state index contributed by atoms with van der Waals surface area (Å²) in [6.07, 6.45) is 3.62. The van der Waals surface area contributed by atoms with Crippen LogP contribution in [0.1, 0.15) is 19.8 Å². The van der Waals surface area contributed by atoms with Gasteiger partial charge >= 0.3 is 5.97 Å². The van der Waals surface area contributed by atoms with Crippen molar-refractivity contribution in [1.29, 1.82) is 5.41 Å². The van der Waals surface area contributed by atoms with E-state index >= 15 is 0 Å². The van der Waals surface area contributed by atoms with Gasteiger partial charge in [-0.3, -0.25) is 10.2 Å². The molecule has 0 aromatic carbocycles. The summed E-state index contributed by atoms with van der Waals surface area (Å²) < 4.78 is 7.19. The monoisotopic (exact) mass is 265 g/mol. The van der Waals surface area contributed by atoms with E-state index in [0.717, 1.165) is 6.33 Å². The average Bonchev–Trinajstić information content (AvgIpc) is 2.78. The molecule has 2 aromatic rings. The Bertz CT molecular complexity index is 645. The Labute approximate surface area is 108 Å². The lowest BCUT2D eigenvalue weighted by atomic mass is 10.3. The number of rotatable bonds is 5. The van der Waals surface area contributed by atoms with Crippen molar-refractivity contribution >= 4 is 17.1 Å². The van der Waals surface area contributed by atoms with Crippen LogP contribution in [0.3, 0.4) is 0 Å². The molecule has 102 valence electrons. The summed E-state index contributed by atoms with van der Waals surface area (Å²) >= 11 is 0. The molecule has 0 fully saturated rings. The molecule has 0 unspecified atom stereocenters. The number of nitrogens with one attached hydrogen (secondary N) is 1. The van der Waals surface area contributed by atoms with E-state index in [1.54, 1.807) is 17.8 Å². The quantitative estimate of drug-likeness (QED) is 0.597. The van der Waals surface area contributed by atoms with Crippen molar-refractivity contribution in [1.82, 2.24) is 19.3 Å². The molecule has 8 nitrogen and oxygen atoms in total. The Morgan fingerprint density at radius 1 is 1.47 bits per heavy atom. The van der Waals surface area contributed by atoms with Crippen LogP contribution in [-0.2, 0) is 16.1 Å². The Morgan fingerprint density at radius 2 is 2.26 bits per heavy atom. The smallest absolute Gasteiger partial charge is 0.305 e. The zero-order valence-electron chi connectivity index (χ0n) is 10.5. The predicted molar refractivity (Wildman–Crippen MR) is 64.4 cm³/mol. The molecule has 2 N–H and O–H groups in total. The lowest BCUT2D eigenvalue weighted by Gasteiger charge is -2.04. The zero-order valence-corrected chi connectivity index (χ0v) is 10.5. The van der Waals surface area contributed by atoms with Gasteiger partial charge in [0.25, 0.3) is 0 Å². The highest BCUT2D eigenvalue weighted by atomic mass is 16.5. The molecule has 0 aliphatic carbocycles. The maximum Gasteiger partial charge on any atom is 0.305 e. The summed E-state index contributed by atoms with van der Waals surface area (Å²) in [4.78, 5) is 19.2. The van der Waals surface area contributed by atoms with Crippen molar-refractivity contribution in [2.45, 2.75) is 26.3 Å². The lowest BCUT2D eigenvalue weighted by molar-refractivity contribution is -0.143. The van der Waals surface area contributed by atoms with Gasteiger partial charge in [-0.1, -0.05) is 0 Å². The zero-order chi connectivity index (χ0) is 13.8. The van der Waals surface area contributed by atoms with Crippen LogP contribution in [0.5, 0.6) is 0 Å². The first kappa shape index (κ1) is 13.1. The topological polar surface area (TPSA) is 106 Å². The number of carbonyl (C=O) groups is 1. The van der Waals surface area contributed by atoms with Crippen LogP contribution < -0.4 is 5.49 Å². The number of nitrogens with zero attached hydrogens (tertiary/aromatic N) is 4. The summed E-state index contributed by atoms with van der Waals surface area (Å²) in [5.74, 6) is -0.228. The minimum atomic E-state index is -0.228. The number of imidazole rings is 1. The van der Waals surface area contributed by atoms with Crippen LogP contribution in [0.15, 0.2) is 12.7 Å². The molecule has 0 atom stereocenters. The van der Waals surface area contributed by atoms with Gasteiger partial charge in [-0.15, -0.1) is 0 Å². The molecule has 0 saturated carbocycles. The van der Waals surface area contributed by atoms with Crippen LogP contribution in [0.2, 0.25) is 0 Å². The number of aromatic nitrogens is 4. The molecular formula is C11H15N5O3. The van der Waals surface area contributed by atoms with Gasteiger partial charge in [-0.05, 0) is 13.3 Å². The predicted octanol–water partition coefficient (Wildman–Crippen LogP) is 0.293. The van der Waals surface area contributed by atoms with E-state index in [-0.39, 0.29) is 11.5 Å². The van der Waals surface area contributed by atoms with Gasteiger partial charge in [-0.2, -0.15) is 4.73 Å². The SMILES string of the molecule is CCOC(=O)CCCn1cnc2c(=N)n(O)cnc21. The van der Waals surface area contributed by atoms with Gasteiger partial charge < -0.3 is 14.5 Å². The van der Waals surface area contributed by atoms with Crippen LogP contribution in [-0.4, -0.2) is 37.0 Å². The van der Waals surface area contributed by atoms with E-state index in [2.05, 4.69) is 9.97 Å². The van der Waals surface area contributed by atoms with Gasteiger partial charge in [0.05, 0.1) is 12.9 Å². The van der Waals surface area contributed by atoms with Crippen LogP contribution in [0.4, 0.5) is 0 Å². The molecule has 0 aliphatic heterocycles. The van der Waals surface area contributed by atoms with Gasteiger partial charge in [0.15, 0.2) is 16.7 Å². The molecular weight excluding hydrogens is 250 g/mol. The van der Waals surface area contributed by atoms with Crippen LogP contribution in [0.25, 0.3) is 11.2 Å². The highest BCUT2D eigenvalue weighted by molar-refractivity contribution is 5.69. The summed E-state index contributed by atoms with van der Waals surface area (Å²) in [5, 5.41) is 16.9. The Hall–Kier alpha value is -2.38. The second-order valence-corrected chi connectivity index (χ2v) is 3.96. The first-order valence-electron chi connectivity index (χ1n) is 5.95. The van der Waals surface area contributed by atoms with E-state index in [9.17, 15) is 10.0 Å². The van der Waals surface area contributed by atoms with Gasteiger partial charge in [-0.25, -0.2) is 9.97 Å². The molecule has 0 bridgehead atoms. The van der Waals surface area contributed by atoms with E-state index in [4.69, 9.17) is 10.1 Å². The highest BCUT2D eigenvalue weighted by Crippen LogP contribution is 2.06. The molecule has 2 heterocycles. The van der Waals surface area contributed by atoms with Gasteiger partial charge in [0, 0.05) is 13.0 Å². The fraction of sp³-hybridized carbons (Fsp3) is 0.455. The maximum absolute atomic E-state index is 11.2. The Morgan fingerprint density at radius 3 is 3.00 bits per heavy atom. The van der Waals surface area contributed by atoms with E-state index in [0.29, 0.717) is 41.9 Å². The Balaban J connectivity index is 2.08. The standard InChI is InChI=1S/C11H15N5O3/c1-2-19-8(17)4-3-5-15-6-13-9-10(12)16(18)7-14-11(9)15/h6-7,12,18H,2-5H2,1H3. The fourth-order valence-corrected chi connectivity index (χ4v) is 1.74. The molecule has 2 aromatic heterocycles. The van der Waals surface area contributed by atoms with Crippen molar-refractivity contribution < 1.29 is 14.7 Å².